The topological polar surface area (TPSA) is 66.4 Å². The number of sulfonamides is 1. The van der Waals surface area contributed by atoms with Gasteiger partial charge in [0.2, 0.25) is 10.0 Å². The maximum Gasteiger partial charge on any atom is 0.245 e. The van der Waals surface area contributed by atoms with Crippen LogP contribution in [-0.4, -0.2) is 48.9 Å². The van der Waals surface area contributed by atoms with Gasteiger partial charge in [0.05, 0.1) is 11.6 Å². The van der Waals surface area contributed by atoms with Gasteiger partial charge in [-0.3, -0.25) is 4.98 Å². The van der Waals surface area contributed by atoms with Gasteiger partial charge < -0.3 is 4.90 Å². The van der Waals surface area contributed by atoms with E-state index in [0.717, 1.165) is 11.2 Å². The Morgan fingerprint density at radius 3 is 2.52 bits per heavy atom. The number of pyridine rings is 2. The highest BCUT2D eigenvalue weighted by Crippen LogP contribution is 2.28. The number of rotatable bonds is 4. The molecule has 2 aromatic heterocycles. The third kappa shape index (κ3) is 2.75. The van der Waals surface area contributed by atoms with Crippen LogP contribution in [0.1, 0.15) is 0 Å². The fraction of sp³-hybridized carbons (Fsp3) is 0.222. The van der Waals surface area contributed by atoms with Gasteiger partial charge >= 0.3 is 0 Å². The smallest absolute Gasteiger partial charge is 0.245 e. The Bertz CT molecular complexity index is 997. The van der Waals surface area contributed by atoms with Crippen LogP contribution < -0.4 is 4.90 Å². The third-order valence-electron chi connectivity index (χ3n) is 4.60. The molecule has 0 radical (unpaired) electrons. The zero-order chi connectivity index (χ0) is 17.4. The van der Waals surface area contributed by atoms with E-state index in [1.807, 2.05) is 30.3 Å². The summed E-state index contributed by atoms with van der Waals surface area (Å²) >= 11 is 0. The van der Waals surface area contributed by atoms with Crippen LogP contribution in [0.5, 0.6) is 0 Å². The fourth-order valence-electron chi connectivity index (χ4n) is 3.05. The first-order chi connectivity index (χ1) is 12.1. The molecule has 7 heteroatoms. The number of nitrogens with zero attached hydrogens (tertiary/aromatic N) is 4. The molecule has 3 aromatic rings. The molecule has 0 bridgehead atoms. The molecule has 0 aliphatic carbocycles. The lowest BCUT2D eigenvalue weighted by molar-refractivity contribution is 0.309. The summed E-state index contributed by atoms with van der Waals surface area (Å²) in [5.74, 6) is 0.872. The largest absolute Gasteiger partial charge is 0.353 e. The van der Waals surface area contributed by atoms with Crippen LogP contribution in [0.2, 0.25) is 0 Å². The summed E-state index contributed by atoms with van der Waals surface area (Å²) in [5, 5.41) is 0.820. The molecule has 0 amide bonds. The lowest BCUT2D eigenvalue weighted by atomic mass is 10.1. The molecular weight excluding hydrogens is 336 g/mol. The van der Waals surface area contributed by atoms with Crippen LogP contribution in [0.25, 0.3) is 10.9 Å². The van der Waals surface area contributed by atoms with Crippen molar-refractivity contribution < 1.29 is 8.42 Å². The molecule has 4 rings (SSSR count). The molecule has 0 saturated carbocycles. The predicted molar refractivity (Wildman–Crippen MR) is 96.9 cm³/mol. The van der Waals surface area contributed by atoms with E-state index < -0.39 is 10.0 Å². The molecule has 1 aromatic carbocycles. The zero-order valence-electron chi connectivity index (χ0n) is 13.8. The summed E-state index contributed by atoms with van der Waals surface area (Å²) in [6.07, 6.45) is 3.36. The minimum Gasteiger partial charge on any atom is -0.353 e. The number of hydrogen-bond donors (Lipinski definition) is 0. The maximum absolute atomic E-state index is 13.1. The second-order valence-electron chi connectivity index (χ2n) is 6.10. The van der Waals surface area contributed by atoms with Crippen LogP contribution in [-0.2, 0) is 10.0 Å². The number of hydrogen-bond acceptors (Lipinski definition) is 5. The Kier molecular flexibility index (Phi) is 3.89. The quantitative estimate of drug-likeness (QED) is 0.718. The van der Waals surface area contributed by atoms with Crippen LogP contribution >= 0.6 is 0 Å². The van der Waals surface area contributed by atoms with Crippen LogP contribution in [0.4, 0.5) is 5.82 Å². The first-order valence-electron chi connectivity index (χ1n) is 8.05. The van der Waals surface area contributed by atoms with Gasteiger partial charge in [-0.2, -0.15) is 4.31 Å². The van der Waals surface area contributed by atoms with Gasteiger partial charge in [0.15, 0.2) is 0 Å². The summed E-state index contributed by atoms with van der Waals surface area (Å²) in [5.41, 5.74) is 0.512. The number of anilines is 1. The van der Waals surface area contributed by atoms with Crippen molar-refractivity contribution in [2.24, 2.45) is 0 Å². The van der Waals surface area contributed by atoms with Gasteiger partial charge in [-0.1, -0.05) is 24.3 Å². The molecule has 1 saturated heterocycles. The van der Waals surface area contributed by atoms with Crippen LogP contribution in [0.15, 0.2) is 65.8 Å². The highest BCUT2D eigenvalue weighted by Gasteiger charge is 2.37. The average Bonchev–Trinajstić information content (AvgIpc) is 2.60. The molecule has 0 N–H and O–H groups in total. The first kappa shape index (κ1) is 16.0. The molecule has 128 valence electrons. The van der Waals surface area contributed by atoms with Crippen molar-refractivity contribution in [1.82, 2.24) is 14.3 Å². The van der Waals surface area contributed by atoms with Crippen LogP contribution in [0.3, 0.4) is 0 Å². The Morgan fingerprint density at radius 1 is 1.00 bits per heavy atom. The minimum absolute atomic E-state index is 0.0778. The normalized spacial score (nSPS) is 15.5. The standard InChI is InChI=1S/C18H18N4O2S/c1-21(15-12-22(13-15)17-9-2-3-10-19-17)25(23,24)16-8-4-6-14-7-5-11-20-18(14)16/h2-11,15H,12-13H2,1H3. The molecule has 0 atom stereocenters. The number of para-hydroxylation sites is 1. The average molecular weight is 354 g/mol. The summed E-state index contributed by atoms with van der Waals surface area (Å²) in [7, 11) is -1.97. The fourth-order valence-corrected chi connectivity index (χ4v) is 4.55. The third-order valence-corrected chi connectivity index (χ3v) is 6.54. The monoisotopic (exact) mass is 354 g/mol. The van der Waals surface area contributed by atoms with Gasteiger partial charge in [-0.15, -0.1) is 0 Å². The maximum atomic E-state index is 13.1. The second kappa shape index (κ2) is 6.09. The van der Waals surface area contributed by atoms with Gasteiger partial charge in [0.1, 0.15) is 10.7 Å². The number of aromatic nitrogens is 2. The van der Waals surface area contributed by atoms with Crippen molar-refractivity contribution >= 4 is 26.7 Å². The molecule has 1 aliphatic heterocycles. The zero-order valence-corrected chi connectivity index (χ0v) is 14.6. The molecule has 0 unspecified atom stereocenters. The molecule has 25 heavy (non-hydrogen) atoms. The van der Waals surface area contributed by atoms with E-state index >= 15 is 0 Å². The Labute approximate surface area is 146 Å². The van der Waals surface area contributed by atoms with Crippen molar-refractivity contribution in [2.45, 2.75) is 10.9 Å². The van der Waals surface area contributed by atoms with E-state index in [1.54, 1.807) is 37.6 Å². The van der Waals surface area contributed by atoms with E-state index in [2.05, 4.69) is 14.9 Å². The van der Waals surface area contributed by atoms with E-state index in [4.69, 9.17) is 0 Å². The van der Waals surface area contributed by atoms with Gasteiger partial charge in [0.25, 0.3) is 0 Å². The molecule has 3 heterocycles. The van der Waals surface area contributed by atoms with Crippen LogP contribution in [0, 0.1) is 0 Å². The van der Waals surface area contributed by atoms with E-state index in [-0.39, 0.29) is 10.9 Å². The van der Waals surface area contributed by atoms with Crippen molar-refractivity contribution in [3.63, 3.8) is 0 Å². The highest BCUT2D eigenvalue weighted by molar-refractivity contribution is 7.89. The minimum atomic E-state index is -3.61. The summed E-state index contributed by atoms with van der Waals surface area (Å²) in [6.45, 7) is 1.26. The Hall–Kier alpha value is -2.51. The molecular formula is C18H18N4O2S. The second-order valence-corrected chi connectivity index (χ2v) is 8.07. The van der Waals surface area contributed by atoms with Gasteiger partial charge in [0, 0.05) is 37.9 Å². The lowest BCUT2D eigenvalue weighted by Gasteiger charge is -2.43. The van der Waals surface area contributed by atoms with Crippen molar-refractivity contribution in [3.8, 4) is 0 Å². The molecule has 6 nitrogen and oxygen atoms in total. The lowest BCUT2D eigenvalue weighted by Crippen LogP contribution is -2.60. The van der Waals surface area contributed by atoms with Crippen molar-refractivity contribution in [1.29, 1.82) is 0 Å². The number of likely N-dealkylation sites (N-methyl/N-ethyl adjacent to an activating group) is 1. The van der Waals surface area contributed by atoms with Crippen molar-refractivity contribution in [2.75, 3.05) is 25.0 Å². The summed E-state index contributed by atoms with van der Waals surface area (Å²) in [6, 6.07) is 14.6. The Morgan fingerprint density at radius 2 is 1.76 bits per heavy atom. The molecule has 0 spiro atoms. The summed E-state index contributed by atoms with van der Waals surface area (Å²) < 4.78 is 27.6. The SMILES string of the molecule is CN(C1CN(c2ccccn2)C1)S(=O)(=O)c1cccc2cccnc12. The summed E-state index contributed by atoms with van der Waals surface area (Å²) in [4.78, 5) is 10.9. The van der Waals surface area contributed by atoms with Crippen molar-refractivity contribution in [3.05, 3.63) is 60.9 Å². The van der Waals surface area contributed by atoms with E-state index in [9.17, 15) is 8.42 Å². The number of fused-ring (bicyclic) bond motifs is 1. The molecule has 1 fully saturated rings. The van der Waals surface area contributed by atoms with Gasteiger partial charge in [-0.05, 0) is 24.3 Å². The Balaban J connectivity index is 1.59. The molecule has 1 aliphatic rings. The first-order valence-corrected chi connectivity index (χ1v) is 9.49. The van der Waals surface area contributed by atoms with Gasteiger partial charge in [-0.25, -0.2) is 13.4 Å². The van der Waals surface area contributed by atoms with E-state index in [0.29, 0.717) is 18.6 Å². The number of benzene rings is 1. The predicted octanol–water partition coefficient (Wildman–Crippen LogP) is 2.14. The van der Waals surface area contributed by atoms with E-state index in [1.165, 1.54) is 4.31 Å². The highest BCUT2D eigenvalue weighted by atomic mass is 32.2.